The smallest absolute Gasteiger partial charge is 0.224 e. The van der Waals surface area contributed by atoms with Crippen molar-refractivity contribution in [2.45, 2.75) is 19.4 Å². The largest absolute Gasteiger partial charge is 0.394 e. The van der Waals surface area contributed by atoms with Crippen LogP contribution in [0.15, 0.2) is 30.5 Å². The van der Waals surface area contributed by atoms with Crippen molar-refractivity contribution in [3.05, 3.63) is 36.0 Å². The van der Waals surface area contributed by atoms with Crippen molar-refractivity contribution in [3.8, 4) is 0 Å². The fourth-order valence-electron chi connectivity index (χ4n) is 1.82. The normalized spacial score (nSPS) is 12.6. The third-order valence-corrected chi connectivity index (χ3v) is 2.71. The highest BCUT2D eigenvalue weighted by Gasteiger charge is 2.10. The Morgan fingerprint density at radius 1 is 1.47 bits per heavy atom. The first-order valence-electron chi connectivity index (χ1n) is 5.66. The number of carbonyl (C=O) groups excluding carboxylic acids is 1. The Morgan fingerprint density at radius 3 is 3.00 bits per heavy atom. The standard InChI is InChI=1S/C13H16N2O2/c1-9(8-16)15-13(17)6-10-7-14-12-5-3-2-4-11(10)12/h2-5,7,9,14,16H,6,8H2,1H3,(H,15,17). The first-order valence-corrected chi connectivity index (χ1v) is 5.66. The number of benzene rings is 1. The summed E-state index contributed by atoms with van der Waals surface area (Å²) < 4.78 is 0. The van der Waals surface area contributed by atoms with Crippen LogP contribution in [0.3, 0.4) is 0 Å². The van der Waals surface area contributed by atoms with Gasteiger partial charge in [0.2, 0.25) is 5.91 Å². The van der Waals surface area contributed by atoms with E-state index in [0.29, 0.717) is 6.42 Å². The minimum atomic E-state index is -0.201. The number of fused-ring (bicyclic) bond motifs is 1. The summed E-state index contributed by atoms with van der Waals surface area (Å²) in [5, 5.41) is 12.7. The second kappa shape index (κ2) is 5.01. The third kappa shape index (κ3) is 2.65. The maximum atomic E-state index is 11.7. The van der Waals surface area contributed by atoms with Gasteiger partial charge in [-0.05, 0) is 18.6 Å². The highest BCUT2D eigenvalue weighted by atomic mass is 16.3. The molecule has 2 rings (SSSR count). The first kappa shape index (κ1) is 11.7. The number of hydrogen-bond donors (Lipinski definition) is 3. The molecule has 0 fully saturated rings. The van der Waals surface area contributed by atoms with E-state index in [1.54, 1.807) is 6.92 Å². The van der Waals surface area contributed by atoms with Crippen molar-refractivity contribution in [1.82, 2.24) is 10.3 Å². The first-order chi connectivity index (χ1) is 8.20. The lowest BCUT2D eigenvalue weighted by Crippen LogP contribution is -2.35. The maximum absolute atomic E-state index is 11.7. The van der Waals surface area contributed by atoms with Crippen molar-refractivity contribution in [2.75, 3.05) is 6.61 Å². The fourth-order valence-corrected chi connectivity index (χ4v) is 1.82. The molecule has 4 heteroatoms. The second-order valence-electron chi connectivity index (χ2n) is 4.19. The van der Waals surface area contributed by atoms with E-state index in [4.69, 9.17) is 5.11 Å². The van der Waals surface area contributed by atoms with Crippen molar-refractivity contribution >= 4 is 16.8 Å². The van der Waals surface area contributed by atoms with Gasteiger partial charge in [-0.2, -0.15) is 0 Å². The van der Waals surface area contributed by atoms with Gasteiger partial charge in [0, 0.05) is 23.1 Å². The Hall–Kier alpha value is -1.81. The van der Waals surface area contributed by atoms with Crippen molar-refractivity contribution in [1.29, 1.82) is 0 Å². The predicted octanol–water partition coefficient (Wildman–Crippen LogP) is 1.21. The highest BCUT2D eigenvalue weighted by molar-refractivity contribution is 5.88. The molecule has 2 aromatic rings. The number of para-hydroxylation sites is 1. The average Bonchev–Trinajstić information content (AvgIpc) is 2.72. The molecule has 1 aromatic carbocycles. The van der Waals surface area contributed by atoms with Crippen LogP contribution in [-0.2, 0) is 11.2 Å². The molecule has 1 amide bonds. The molecule has 0 aliphatic carbocycles. The lowest BCUT2D eigenvalue weighted by molar-refractivity contribution is -0.121. The summed E-state index contributed by atoms with van der Waals surface area (Å²) in [6, 6.07) is 7.68. The van der Waals surface area contributed by atoms with Crippen molar-refractivity contribution in [2.24, 2.45) is 0 Å². The highest BCUT2D eigenvalue weighted by Crippen LogP contribution is 2.17. The van der Waals surface area contributed by atoms with Crippen LogP contribution in [-0.4, -0.2) is 28.6 Å². The van der Waals surface area contributed by atoms with Gasteiger partial charge in [-0.15, -0.1) is 0 Å². The SMILES string of the molecule is CC(CO)NC(=O)Cc1c[nH]c2ccccc12. The van der Waals surface area contributed by atoms with Gasteiger partial charge < -0.3 is 15.4 Å². The number of aliphatic hydroxyl groups is 1. The van der Waals surface area contributed by atoms with E-state index in [1.165, 1.54) is 0 Å². The van der Waals surface area contributed by atoms with Crippen LogP contribution >= 0.6 is 0 Å². The molecule has 1 unspecified atom stereocenters. The van der Waals surface area contributed by atoms with Crippen LogP contribution in [0.4, 0.5) is 0 Å². The van der Waals surface area contributed by atoms with Crippen LogP contribution in [0.2, 0.25) is 0 Å². The number of rotatable bonds is 4. The molecule has 1 heterocycles. The molecule has 0 spiro atoms. The van der Waals surface area contributed by atoms with Crippen LogP contribution in [0.1, 0.15) is 12.5 Å². The summed E-state index contributed by atoms with van der Waals surface area (Å²) in [4.78, 5) is 14.8. The number of amides is 1. The Kier molecular flexibility index (Phi) is 3.44. The zero-order valence-electron chi connectivity index (χ0n) is 9.73. The van der Waals surface area contributed by atoms with E-state index in [2.05, 4.69) is 10.3 Å². The van der Waals surface area contributed by atoms with Crippen LogP contribution in [0.25, 0.3) is 10.9 Å². The molecule has 0 saturated carbocycles. The van der Waals surface area contributed by atoms with Gasteiger partial charge in [-0.3, -0.25) is 4.79 Å². The van der Waals surface area contributed by atoms with Crippen LogP contribution < -0.4 is 5.32 Å². The third-order valence-electron chi connectivity index (χ3n) is 2.71. The van der Waals surface area contributed by atoms with Crippen LogP contribution in [0.5, 0.6) is 0 Å². The number of carbonyl (C=O) groups is 1. The van der Waals surface area contributed by atoms with Gasteiger partial charge >= 0.3 is 0 Å². The topological polar surface area (TPSA) is 65.1 Å². The molecule has 17 heavy (non-hydrogen) atoms. The molecule has 90 valence electrons. The summed E-state index contributed by atoms with van der Waals surface area (Å²) >= 11 is 0. The van der Waals surface area contributed by atoms with Gasteiger partial charge in [0.05, 0.1) is 13.0 Å². The summed E-state index contributed by atoms with van der Waals surface area (Å²) in [7, 11) is 0. The lowest BCUT2D eigenvalue weighted by atomic mass is 10.1. The Labute approximate surface area is 99.7 Å². The quantitative estimate of drug-likeness (QED) is 0.741. The van der Waals surface area contributed by atoms with Gasteiger partial charge in [-0.1, -0.05) is 18.2 Å². The number of nitrogens with one attached hydrogen (secondary N) is 2. The van der Waals surface area contributed by atoms with E-state index >= 15 is 0 Å². The molecule has 4 nitrogen and oxygen atoms in total. The molecule has 0 radical (unpaired) electrons. The molecule has 1 aromatic heterocycles. The van der Waals surface area contributed by atoms with Crippen LogP contribution in [0, 0.1) is 0 Å². The predicted molar refractivity (Wildman–Crippen MR) is 66.7 cm³/mol. The van der Waals surface area contributed by atoms with Gasteiger partial charge in [-0.25, -0.2) is 0 Å². The number of aliphatic hydroxyl groups excluding tert-OH is 1. The number of hydrogen-bond acceptors (Lipinski definition) is 2. The second-order valence-corrected chi connectivity index (χ2v) is 4.19. The molecule has 0 saturated heterocycles. The van der Waals surface area contributed by atoms with Crippen molar-refractivity contribution < 1.29 is 9.90 Å². The Balaban J connectivity index is 2.11. The van der Waals surface area contributed by atoms with E-state index in [-0.39, 0.29) is 18.6 Å². The summed E-state index contributed by atoms with van der Waals surface area (Å²) in [5.74, 6) is -0.0729. The average molecular weight is 232 g/mol. The molecular weight excluding hydrogens is 216 g/mol. The van der Waals surface area contributed by atoms with E-state index in [9.17, 15) is 4.79 Å². The Bertz CT molecular complexity index is 519. The zero-order valence-corrected chi connectivity index (χ0v) is 9.73. The molecule has 1 atom stereocenters. The summed E-state index contributed by atoms with van der Waals surface area (Å²) in [5.41, 5.74) is 2.01. The molecule has 3 N–H and O–H groups in total. The maximum Gasteiger partial charge on any atom is 0.224 e. The fraction of sp³-hybridized carbons (Fsp3) is 0.308. The number of H-pyrrole nitrogens is 1. The van der Waals surface area contributed by atoms with Gasteiger partial charge in [0.15, 0.2) is 0 Å². The minimum Gasteiger partial charge on any atom is -0.394 e. The summed E-state index contributed by atoms with van der Waals surface area (Å²) in [6.45, 7) is 1.73. The molecular formula is C13H16N2O2. The van der Waals surface area contributed by atoms with E-state index < -0.39 is 0 Å². The van der Waals surface area contributed by atoms with E-state index in [1.807, 2.05) is 30.5 Å². The van der Waals surface area contributed by atoms with Gasteiger partial charge in [0.25, 0.3) is 0 Å². The van der Waals surface area contributed by atoms with Gasteiger partial charge in [0.1, 0.15) is 0 Å². The summed E-state index contributed by atoms with van der Waals surface area (Å²) in [6.07, 6.45) is 2.18. The zero-order chi connectivity index (χ0) is 12.3. The lowest BCUT2D eigenvalue weighted by Gasteiger charge is -2.10. The molecule has 0 aliphatic rings. The van der Waals surface area contributed by atoms with Crippen molar-refractivity contribution in [3.63, 3.8) is 0 Å². The number of aromatic nitrogens is 1. The van der Waals surface area contributed by atoms with E-state index in [0.717, 1.165) is 16.5 Å². The monoisotopic (exact) mass is 232 g/mol. The Morgan fingerprint density at radius 2 is 2.24 bits per heavy atom. The minimum absolute atomic E-state index is 0.0420. The molecule has 0 bridgehead atoms. The molecule has 0 aliphatic heterocycles. The number of aromatic amines is 1.